The second-order valence-corrected chi connectivity index (χ2v) is 5.45. The predicted molar refractivity (Wildman–Crippen MR) is 80.8 cm³/mol. The third-order valence-corrected chi connectivity index (χ3v) is 3.72. The molecule has 1 heterocycles. The highest BCUT2D eigenvalue weighted by atomic mass is 19.4. The number of oxazole rings is 1. The molecule has 2 aromatic carbocycles. The number of benzene rings is 2. The molecule has 0 bridgehead atoms. The largest absolute Gasteiger partial charge is 0.437 e. The molecular weight excluding hydrogens is 341 g/mol. The molecule has 1 aromatic heterocycles. The Morgan fingerprint density at radius 1 is 1.12 bits per heavy atom. The zero-order valence-electron chi connectivity index (χ0n) is 12.5. The van der Waals surface area contributed by atoms with Crippen LogP contribution in [0.2, 0.25) is 0 Å². The maximum atomic E-state index is 13.6. The van der Waals surface area contributed by atoms with Crippen molar-refractivity contribution < 1.29 is 27.6 Å². The first-order valence-corrected chi connectivity index (χ1v) is 7.09. The SMILES string of the molecule is O=[N+]([O-])c1ccc(CC(O)(c2nc3ccccc3o2)C(F)(F)F)cc1. The number of hydrogen-bond donors (Lipinski definition) is 1. The highest BCUT2D eigenvalue weighted by Crippen LogP contribution is 2.42. The maximum Gasteiger partial charge on any atom is 0.426 e. The molecule has 0 saturated heterocycles. The lowest BCUT2D eigenvalue weighted by Crippen LogP contribution is -2.44. The fourth-order valence-electron chi connectivity index (χ4n) is 2.38. The molecule has 0 aliphatic carbocycles. The first-order chi connectivity index (χ1) is 11.7. The molecule has 1 atom stereocenters. The Hall–Kier alpha value is -2.94. The summed E-state index contributed by atoms with van der Waals surface area (Å²) in [6.45, 7) is 0. The molecule has 0 radical (unpaired) electrons. The second kappa shape index (κ2) is 5.85. The molecular formula is C16H11F3N2O4. The number of non-ortho nitro benzene ring substituents is 1. The van der Waals surface area contributed by atoms with Gasteiger partial charge in [0.05, 0.1) is 4.92 Å². The molecule has 0 saturated carbocycles. The van der Waals surface area contributed by atoms with Gasteiger partial charge < -0.3 is 9.52 Å². The number of nitro groups is 1. The number of nitrogens with zero attached hydrogens (tertiary/aromatic N) is 2. The van der Waals surface area contributed by atoms with E-state index in [0.717, 1.165) is 24.3 Å². The molecule has 1 N–H and O–H groups in total. The third kappa shape index (κ3) is 3.05. The van der Waals surface area contributed by atoms with Crippen molar-refractivity contribution in [2.45, 2.75) is 18.2 Å². The fraction of sp³-hybridized carbons (Fsp3) is 0.188. The molecule has 1 unspecified atom stereocenters. The number of para-hydroxylation sites is 2. The van der Waals surface area contributed by atoms with E-state index in [0.29, 0.717) is 0 Å². The minimum atomic E-state index is -5.06. The maximum absolute atomic E-state index is 13.6. The van der Waals surface area contributed by atoms with E-state index in [4.69, 9.17) is 4.42 Å². The van der Waals surface area contributed by atoms with Crippen molar-refractivity contribution in [2.75, 3.05) is 0 Å². The van der Waals surface area contributed by atoms with Gasteiger partial charge in [-0.2, -0.15) is 13.2 Å². The van der Waals surface area contributed by atoms with E-state index in [1.54, 1.807) is 12.1 Å². The number of aliphatic hydroxyl groups is 1. The summed E-state index contributed by atoms with van der Waals surface area (Å²) in [6, 6.07) is 10.5. The Labute approximate surface area is 138 Å². The van der Waals surface area contributed by atoms with Crippen molar-refractivity contribution in [3.05, 3.63) is 70.1 Å². The van der Waals surface area contributed by atoms with Gasteiger partial charge in [0.1, 0.15) is 5.52 Å². The predicted octanol–water partition coefficient (Wildman–Crippen LogP) is 3.73. The fourth-order valence-corrected chi connectivity index (χ4v) is 2.38. The molecule has 0 spiro atoms. The van der Waals surface area contributed by atoms with Gasteiger partial charge >= 0.3 is 6.18 Å². The van der Waals surface area contributed by atoms with Gasteiger partial charge in [-0.15, -0.1) is 0 Å². The van der Waals surface area contributed by atoms with Crippen LogP contribution in [0.4, 0.5) is 18.9 Å². The second-order valence-electron chi connectivity index (χ2n) is 5.45. The average Bonchev–Trinajstić information content (AvgIpc) is 2.98. The van der Waals surface area contributed by atoms with E-state index in [-0.39, 0.29) is 22.4 Å². The van der Waals surface area contributed by atoms with Gasteiger partial charge in [0.2, 0.25) is 11.5 Å². The Morgan fingerprint density at radius 2 is 1.76 bits per heavy atom. The van der Waals surface area contributed by atoms with Crippen molar-refractivity contribution in [3.8, 4) is 0 Å². The lowest BCUT2D eigenvalue weighted by molar-refractivity contribution is -0.384. The van der Waals surface area contributed by atoms with E-state index < -0.39 is 29.0 Å². The lowest BCUT2D eigenvalue weighted by atomic mass is 9.93. The molecule has 9 heteroatoms. The van der Waals surface area contributed by atoms with Crippen molar-refractivity contribution in [1.29, 1.82) is 0 Å². The Balaban J connectivity index is 2.02. The number of rotatable bonds is 4. The van der Waals surface area contributed by atoms with Crippen molar-refractivity contribution >= 4 is 16.8 Å². The Kier molecular flexibility index (Phi) is 3.96. The van der Waals surface area contributed by atoms with E-state index in [2.05, 4.69) is 4.98 Å². The molecule has 3 aromatic rings. The molecule has 130 valence electrons. The Bertz CT molecular complexity index is 888. The van der Waals surface area contributed by atoms with Crippen LogP contribution in [0.15, 0.2) is 52.9 Å². The smallest absolute Gasteiger partial charge is 0.426 e. The van der Waals surface area contributed by atoms with E-state index >= 15 is 0 Å². The lowest BCUT2D eigenvalue weighted by Gasteiger charge is -2.27. The van der Waals surface area contributed by atoms with Crippen LogP contribution >= 0.6 is 0 Å². The van der Waals surface area contributed by atoms with Gasteiger partial charge in [0.15, 0.2) is 5.58 Å². The van der Waals surface area contributed by atoms with Crippen LogP contribution in [-0.4, -0.2) is 21.2 Å². The van der Waals surface area contributed by atoms with Gasteiger partial charge in [-0.05, 0) is 17.7 Å². The monoisotopic (exact) mass is 352 g/mol. The number of aromatic nitrogens is 1. The van der Waals surface area contributed by atoms with Gasteiger partial charge in [0.25, 0.3) is 5.69 Å². The summed E-state index contributed by atoms with van der Waals surface area (Å²) >= 11 is 0. The van der Waals surface area contributed by atoms with Gasteiger partial charge in [-0.1, -0.05) is 24.3 Å². The number of nitro benzene ring substituents is 1. The molecule has 0 aliphatic heterocycles. The highest BCUT2D eigenvalue weighted by molar-refractivity contribution is 5.72. The summed E-state index contributed by atoms with van der Waals surface area (Å²) in [5, 5.41) is 21.0. The van der Waals surface area contributed by atoms with Crippen LogP contribution in [0.25, 0.3) is 11.1 Å². The van der Waals surface area contributed by atoms with Crippen LogP contribution in [0.5, 0.6) is 0 Å². The van der Waals surface area contributed by atoms with Crippen molar-refractivity contribution in [2.24, 2.45) is 0 Å². The number of fused-ring (bicyclic) bond motifs is 1. The van der Waals surface area contributed by atoms with Crippen molar-refractivity contribution in [1.82, 2.24) is 4.98 Å². The third-order valence-electron chi connectivity index (χ3n) is 3.72. The topological polar surface area (TPSA) is 89.4 Å². The van der Waals surface area contributed by atoms with Crippen LogP contribution in [0.1, 0.15) is 11.5 Å². The molecule has 0 amide bonds. The molecule has 0 fully saturated rings. The van der Waals surface area contributed by atoms with E-state index in [1.807, 2.05) is 0 Å². The standard InChI is InChI=1S/C16H11F3N2O4/c17-16(18,19)15(22,9-10-5-7-11(8-6-10)21(23)24)14-20-12-3-1-2-4-13(12)25-14/h1-8,22H,9H2. The normalized spacial score (nSPS) is 14.4. The molecule has 0 aliphatic rings. The highest BCUT2D eigenvalue weighted by Gasteiger charge is 2.58. The van der Waals surface area contributed by atoms with E-state index in [9.17, 15) is 28.4 Å². The van der Waals surface area contributed by atoms with Gasteiger partial charge in [0, 0.05) is 18.6 Å². The Morgan fingerprint density at radius 3 is 2.32 bits per heavy atom. The minimum Gasteiger partial charge on any atom is -0.437 e. The first-order valence-electron chi connectivity index (χ1n) is 7.09. The van der Waals surface area contributed by atoms with Crippen LogP contribution in [0.3, 0.4) is 0 Å². The summed E-state index contributed by atoms with van der Waals surface area (Å²) in [6.07, 6.45) is -5.95. The number of halogens is 3. The van der Waals surface area contributed by atoms with E-state index in [1.165, 1.54) is 12.1 Å². The quantitative estimate of drug-likeness (QED) is 0.571. The zero-order valence-corrected chi connectivity index (χ0v) is 12.5. The zero-order chi connectivity index (χ0) is 18.2. The summed E-state index contributed by atoms with van der Waals surface area (Å²) in [5.74, 6) is -0.875. The number of alkyl halides is 3. The van der Waals surface area contributed by atoms with Crippen LogP contribution in [0, 0.1) is 10.1 Å². The summed E-state index contributed by atoms with van der Waals surface area (Å²) < 4.78 is 45.8. The summed E-state index contributed by atoms with van der Waals surface area (Å²) in [5.41, 5.74) is -3.27. The molecule has 3 rings (SSSR count). The van der Waals surface area contributed by atoms with Crippen molar-refractivity contribution in [3.63, 3.8) is 0 Å². The minimum absolute atomic E-state index is 0.0488. The number of hydrogen-bond acceptors (Lipinski definition) is 5. The van der Waals surface area contributed by atoms with Gasteiger partial charge in [-0.25, -0.2) is 4.98 Å². The first kappa shape index (κ1) is 16.9. The summed E-state index contributed by atoms with van der Waals surface area (Å²) in [7, 11) is 0. The van der Waals surface area contributed by atoms with Gasteiger partial charge in [-0.3, -0.25) is 10.1 Å². The average molecular weight is 352 g/mol. The summed E-state index contributed by atoms with van der Waals surface area (Å²) in [4.78, 5) is 13.7. The molecule has 25 heavy (non-hydrogen) atoms. The van der Waals surface area contributed by atoms with Crippen LogP contribution < -0.4 is 0 Å². The molecule has 6 nitrogen and oxygen atoms in total. The van der Waals surface area contributed by atoms with Crippen LogP contribution in [-0.2, 0) is 12.0 Å².